The summed E-state index contributed by atoms with van der Waals surface area (Å²) in [7, 11) is 0. The Labute approximate surface area is 326 Å². The van der Waals surface area contributed by atoms with Crippen molar-refractivity contribution in [1.82, 2.24) is 5.32 Å². The van der Waals surface area contributed by atoms with Crippen LogP contribution < -0.4 is 20.5 Å². The molecule has 6 aromatic rings. The summed E-state index contributed by atoms with van der Waals surface area (Å²) in [5.41, 5.74) is 9.33. The maximum atomic E-state index is 12.3. The number of carbonyl (C=O) groups is 2. The van der Waals surface area contributed by atoms with Gasteiger partial charge in [0, 0.05) is 6.04 Å². The molecule has 56 heavy (non-hydrogen) atoms. The highest BCUT2D eigenvalue weighted by Crippen LogP contribution is 2.34. The minimum atomic E-state index is -1.66. The van der Waals surface area contributed by atoms with E-state index in [0.29, 0.717) is 11.5 Å². The monoisotopic (exact) mass is 754 g/mol. The summed E-state index contributed by atoms with van der Waals surface area (Å²) in [5, 5.41) is 33.8. The molecule has 3 atom stereocenters. The van der Waals surface area contributed by atoms with Gasteiger partial charge in [0.25, 0.3) is 0 Å². The summed E-state index contributed by atoms with van der Waals surface area (Å²) in [4.78, 5) is 24.3. The largest absolute Gasteiger partial charge is 0.485 e. The number of hydrogen-bond acceptors (Lipinski definition) is 8. The van der Waals surface area contributed by atoms with E-state index < -0.39 is 29.8 Å². The Bertz CT molecular complexity index is 2040. The van der Waals surface area contributed by atoms with Crippen molar-refractivity contribution in [2.24, 2.45) is 5.73 Å². The topological polar surface area (TPSA) is 161 Å². The Morgan fingerprint density at radius 2 is 1.04 bits per heavy atom. The number of ether oxygens (including phenoxy) is 3. The van der Waals surface area contributed by atoms with Crippen molar-refractivity contribution in [2.75, 3.05) is 0 Å². The molecule has 0 saturated heterocycles. The van der Waals surface area contributed by atoms with Gasteiger partial charge in [-0.3, -0.25) is 0 Å². The number of benzene rings is 6. The fraction of sp³-hybridized carbons (Fsp3) is 0.174. The average molecular weight is 755 g/mol. The number of aliphatic hydroxyl groups is 2. The van der Waals surface area contributed by atoms with E-state index in [9.17, 15) is 24.9 Å². The summed E-state index contributed by atoms with van der Waals surface area (Å²) in [5.74, 6) is -0.676. The summed E-state index contributed by atoms with van der Waals surface area (Å²) in [6, 6.07) is 49.8. The highest BCUT2D eigenvalue weighted by atomic mass is 16.5. The number of aliphatic hydroxyl groups excluding tert-OH is 1. The Morgan fingerprint density at radius 1 is 0.625 bits per heavy atom. The van der Waals surface area contributed by atoms with E-state index in [1.54, 1.807) is 30.3 Å². The van der Waals surface area contributed by atoms with Crippen molar-refractivity contribution in [3.05, 3.63) is 203 Å². The minimum absolute atomic E-state index is 0.0416. The molecule has 0 bridgehead atoms. The van der Waals surface area contributed by atoms with E-state index in [-0.39, 0.29) is 31.4 Å². The fourth-order valence-electron chi connectivity index (χ4n) is 5.85. The number of amides is 1. The molecular weight excluding hydrogens is 709 g/mol. The summed E-state index contributed by atoms with van der Waals surface area (Å²) >= 11 is 0. The van der Waals surface area contributed by atoms with E-state index >= 15 is 0 Å². The molecule has 6 rings (SSSR count). The van der Waals surface area contributed by atoms with Gasteiger partial charge in [-0.15, -0.1) is 0 Å². The normalized spacial score (nSPS) is 12.5. The van der Waals surface area contributed by atoms with Crippen molar-refractivity contribution in [3.8, 4) is 11.5 Å². The molecule has 0 aliphatic heterocycles. The van der Waals surface area contributed by atoms with Gasteiger partial charge in [0.2, 0.25) is 0 Å². The standard InChI is InChI=1S/C31H29NO7.C15H17NO/c33-29(28(30(34)35)32-31(36)39-21-24-14-8-3-9-15-24)25-16-17-26(37-19-22-10-4-1-5-11-22)27(18-25)38-20-23-12-6-2-7-13-23;1-12(16)15(17,13-8-4-2-5-9-13)14-10-6-3-7-11-14/h1-18,28-29,33H,19-21H2,(H,32,36)(H,34,35);2-12,17H,16H2,1H3/t28-,29?;12-/m00/s1. The van der Waals surface area contributed by atoms with Gasteiger partial charge < -0.3 is 40.6 Å². The van der Waals surface area contributed by atoms with E-state index in [1.807, 2.05) is 134 Å². The first kappa shape index (κ1) is 40.7. The van der Waals surface area contributed by atoms with Gasteiger partial charge in [0.1, 0.15) is 31.5 Å². The molecule has 0 radical (unpaired) electrons. The van der Waals surface area contributed by atoms with Crippen molar-refractivity contribution in [3.63, 3.8) is 0 Å². The molecule has 288 valence electrons. The number of carboxylic acid groups (broad SMARTS) is 1. The SMILES string of the molecule is C[C@H](N)C(O)(c1ccccc1)c1ccccc1.O=C(N[C@H](C(=O)O)C(O)c1ccc(OCc2ccccc2)c(OCc2ccccc2)c1)OCc1ccccc1. The minimum Gasteiger partial charge on any atom is -0.485 e. The van der Waals surface area contributed by atoms with E-state index in [1.165, 1.54) is 12.1 Å². The Kier molecular flexibility index (Phi) is 14.7. The van der Waals surface area contributed by atoms with Crippen LogP contribution >= 0.6 is 0 Å². The van der Waals surface area contributed by atoms with E-state index in [4.69, 9.17) is 19.9 Å². The summed E-state index contributed by atoms with van der Waals surface area (Å²) in [6.07, 6.45) is -2.55. The Morgan fingerprint density at radius 3 is 1.46 bits per heavy atom. The maximum absolute atomic E-state index is 12.3. The zero-order valence-corrected chi connectivity index (χ0v) is 31.0. The van der Waals surface area contributed by atoms with Gasteiger partial charge in [-0.25, -0.2) is 9.59 Å². The molecule has 10 nitrogen and oxygen atoms in total. The van der Waals surface area contributed by atoms with Crippen LogP contribution in [0.5, 0.6) is 11.5 Å². The molecule has 0 aliphatic carbocycles. The highest BCUT2D eigenvalue weighted by Gasteiger charge is 2.35. The van der Waals surface area contributed by atoms with Crippen LogP contribution in [0.3, 0.4) is 0 Å². The number of nitrogens with two attached hydrogens (primary N) is 1. The first-order chi connectivity index (χ1) is 27.1. The number of rotatable bonds is 15. The average Bonchev–Trinajstić information content (AvgIpc) is 3.24. The molecule has 6 N–H and O–H groups in total. The van der Waals surface area contributed by atoms with Gasteiger partial charge in [-0.2, -0.15) is 0 Å². The molecule has 6 aromatic carbocycles. The van der Waals surface area contributed by atoms with Gasteiger partial charge >= 0.3 is 12.1 Å². The molecule has 0 aliphatic rings. The summed E-state index contributed by atoms with van der Waals surface area (Å²) < 4.78 is 17.1. The lowest BCUT2D eigenvalue weighted by atomic mass is 9.81. The molecule has 10 heteroatoms. The Balaban J connectivity index is 0.000000293. The summed E-state index contributed by atoms with van der Waals surface area (Å²) in [6.45, 7) is 2.30. The van der Waals surface area contributed by atoms with Gasteiger partial charge in [-0.05, 0) is 52.4 Å². The molecule has 1 amide bonds. The fourth-order valence-corrected chi connectivity index (χ4v) is 5.85. The van der Waals surface area contributed by atoms with Crippen LogP contribution in [0.15, 0.2) is 170 Å². The maximum Gasteiger partial charge on any atom is 0.408 e. The number of carbonyl (C=O) groups excluding carboxylic acids is 1. The third kappa shape index (κ3) is 11.3. The number of hydrogen-bond donors (Lipinski definition) is 5. The second-order valence-electron chi connectivity index (χ2n) is 13.0. The van der Waals surface area contributed by atoms with Crippen LogP contribution in [0.2, 0.25) is 0 Å². The second kappa shape index (κ2) is 20.3. The third-order valence-corrected chi connectivity index (χ3v) is 8.94. The predicted octanol–water partition coefficient (Wildman–Crippen LogP) is 7.53. The van der Waals surface area contributed by atoms with Crippen LogP contribution in [-0.2, 0) is 35.0 Å². The molecule has 0 saturated carbocycles. The number of carboxylic acids is 1. The van der Waals surface area contributed by atoms with Crippen molar-refractivity contribution >= 4 is 12.1 Å². The second-order valence-corrected chi connectivity index (χ2v) is 13.0. The van der Waals surface area contributed by atoms with Crippen LogP contribution in [0.1, 0.15) is 46.4 Å². The molecule has 0 aromatic heterocycles. The number of alkyl carbamates (subject to hydrolysis) is 1. The molecule has 1 unspecified atom stereocenters. The van der Waals surface area contributed by atoms with Crippen LogP contribution in [-0.4, -0.2) is 39.5 Å². The van der Waals surface area contributed by atoms with E-state index in [2.05, 4.69) is 5.32 Å². The zero-order chi connectivity index (χ0) is 39.8. The Hall–Kier alpha value is -6.46. The smallest absolute Gasteiger partial charge is 0.408 e. The quantitative estimate of drug-likeness (QED) is 0.0714. The first-order valence-electron chi connectivity index (χ1n) is 18.1. The predicted molar refractivity (Wildman–Crippen MR) is 214 cm³/mol. The number of aliphatic carboxylic acids is 1. The lowest BCUT2D eigenvalue weighted by Crippen LogP contribution is -2.45. The molecule has 0 heterocycles. The van der Waals surface area contributed by atoms with Crippen LogP contribution in [0, 0.1) is 0 Å². The van der Waals surface area contributed by atoms with Crippen molar-refractivity contribution < 1.29 is 39.1 Å². The lowest BCUT2D eigenvalue weighted by molar-refractivity contribution is -0.142. The van der Waals surface area contributed by atoms with Gasteiger partial charge in [-0.1, -0.05) is 158 Å². The molecule has 0 fully saturated rings. The van der Waals surface area contributed by atoms with Gasteiger partial charge in [0.05, 0.1) is 0 Å². The molecule has 0 spiro atoms. The van der Waals surface area contributed by atoms with Crippen molar-refractivity contribution in [2.45, 2.75) is 50.5 Å². The zero-order valence-electron chi connectivity index (χ0n) is 31.0. The number of nitrogens with one attached hydrogen (secondary N) is 1. The third-order valence-electron chi connectivity index (χ3n) is 8.94. The van der Waals surface area contributed by atoms with Gasteiger partial charge in [0.15, 0.2) is 17.5 Å². The van der Waals surface area contributed by atoms with Crippen LogP contribution in [0.25, 0.3) is 0 Å². The lowest BCUT2D eigenvalue weighted by Gasteiger charge is -2.33. The highest BCUT2D eigenvalue weighted by molar-refractivity contribution is 5.80. The molecular formula is C46H46N2O8. The van der Waals surface area contributed by atoms with Crippen molar-refractivity contribution in [1.29, 1.82) is 0 Å². The first-order valence-corrected chi connectivity index (χ1v) is 18.1. The van der Waals surface area contributed by atoms with Crippen LogP contribution in [0.4, 0.5) is 4.79 Å². The van der Waals surface area contributed by atoms with E-state index in [0.717, 1.165) is 27.8 Å².